The number of rotatable bonds is 7. The molecule has 1 nitrogen and oxygen atoms in total. The summed E-state index contributed by atoms with van der Waals surface area (Å²) in [6.45, 7) is 7.03. The Morgan fingerprint density at radius 2 is 2.00 bits per heavy atom. The lowest BCUT2D eigenvalue weighted by molar-refractivity contribution is 0.298. The van der Waals surface area contributed by atoms with Gasteiger partial charge in [-0.1, -0.05) is 38.3 Å². The van der Waals surface area contributed by atoms with Gasteiger partial charge >= 0.3 is 0 Å². The van der Waals surface area contributed by atoms with Gasteiger partial charge in [0, 0.05) is 12.1 Å². The molecule has 2 bridgehead atoms. The number of hydrogen-bond donors (Lipinski definition) is 1. The van der Waals surface area contributed by atoms with Crippen LogP contribution in [0.4, 0.5) is 0 Å². The van der Waals surface area contributed by atoms with Crippen molar-refractivity contribution in [2.75, 3.05) is 0 Å². The van der Waals surface area contributed by atoms with Crippen molar-refractivity contribution < 1.29 is 0 Å². The van der Waals surface area contributed by atoms with E-state index in [1.165, 1.54) is 38.5 Å². The third-order valence-corrected chi connectivity index (χ3v) is 4.76. The van der Waals surface area contributed by atoms with Crippen LogP contribution in [0, 0.1) is 17.8 Å². The number of allylic oxidation sites excluding steroid dienone is 2. The van der Waals surface area contributed by atoms with Gasteiger partial charge in [-0.2, -0.15) is 0 Å². The third kappa shape index (κ3) is 3.34. The smallest absolute Gasteiger partial charge is 0.00753 e. The zero-order chi connectivity index (χ0) is 12.3. The van der Waals surface area contributed by atoms with Gasteiger partial charge in [-0.15, -0.1) is 0 Å². The molecule has 1 heteroatoms. The molecule has 0 aromatic rings. The first-order chi connectivity index (χ1) is 8.20. The van der Waals surface area contributed by atoms with E-state index >= 15 is 0 Å². The minimum Gasteiger partial charge on any atom is -0.311 e. The lowest BCUT2D eigenvalue weighted by atomic mass is 9.87. The molecule has 2 aliphatic rings. The molecule has 0 amide bonds. The lowest BCUT2D eigenvalue weighted by Gasteiger charge is -2.29. The van der Waals surface area contributed by atoms with E-state index in [2.05, 4.69) is 38.2 Å². The SMILES string of the molecule is CCCCCC(C)NC(C)C1CC2C=CC1C2. The summed E-state index contributed by atoms with van der Waals surface area (Å²) < 4.78 is 0. The number of hydrogen-bond acceptors (Lipinski definition) is 1. The number of fused-ring (bicyclic) bond motifs is 2. The highest BCUT2D eigenvalue weighted by Crippen LogP contribution is 2.44. The standard InChI is InChI=1S/C16H29N/c1-4-5-6-7-12(2)17-13(3)16-11-14-8-9-15(16)10-14/h8-9,12-17H,4-7,10-11H2,1-3H3. The van der Waals surface area contributed by atoms with Crippen LogP contribution in [0.25, 0.3) is 0 Å². The van der Waals surface area contributed by atoms with Gasteiger partial charge < -0.3 is 5.32 Å². The summed E-state index contributed by atoms with van der Waals surface area (Å²) in [6, 6.07) is 1.39. The van der Waals surface area contributed by atoms with Gasteiger partial charge in [0.05, 0.1) is 0 Å². The van der Waals surface area contributed by atoms with E-state index in [9.17, 15) is 0 Å². The molecule has 17 heavy (non-hydrogen) atoms. The summed E-state index contributed by atoms with van der Waals surface area (Å²) in [5.41, 5.74) is 0. The molecule has 2 aliphatic carbocycles. The van der Waals surface area contributed by atoms with Crippen LogP contribution < -0.4 is 5.32 Å². The van der Waals surface area contributed by atoms with E-state index in [1.807, 2.05) is 0 Å². The van der Waals surface area contributed by atoms with Gasteiger partial charge in [0.1, 0.15) is 0 Å². The summed E-state index contributed by atoms with van der Waals surface area (Å²) >= 11 is 0. The maximum Gasteiger partial charge on any atom is 0.00753 e. The molecule has 5 unspecified atom stereocenters. The Hall–Kier alpha value is -0.300. The Labute approximate surface area is 107 Å². The molecule has 0 aliphatic heterocycles. The zero-order valence-electron chi connectivity index (χ0n) is 11.8. The van der Waals surface area contributed by atoms with Crippen LogP contribution >= 0.6 is 0 Å². The Balaban J connectivity index is 1.70. The Morgan fingerprint density at radius 1 is 1.18 bits per heavy atom. The minimum atomic E-state index is 0.694. The predicted molar refractivity (Wildman–Crippen MR) is 75.0 cm³/mol. The van der Waals surface area contributed by atoms with Crippen LogP contribution in [0.2, 0.25) is 0 Å². The van der Waals surface area contributed by atoms with Gasteiger partial charge in [0.2, 0.25) is 0 Å². The largest absolute Gasteiger partial charge is 0.311 e. The van der Waals surface area contributed by atoms with Crippen molar-refractivity contribution in [2.24, 2.45) is 17.8 Å². The summed E-state index contributed by atoms with van der Waals surface area (Å²) in [7, 11) is 0. The van der Waals surface area contributed by atoms with E-state index in [0.717, 1.165) is 17.8 Å². The van der Waals surface area contributed by atoms with Gasteiger partial charge in [-0.3, -0.25) is 0 Å². The van der Waals surface area contributed by atoms with Gasteiger partial charge in [-0.05, 0) is 50.9 Å². The molecule has 1 N–H and O–H groups in total. The Kier molecular flexibility index (Phi) is 4.67. The topological polar surface area (TPSA) is 12.0 Å². The van der Waals surface area contributed by atoms with Crippen molar-refractivity contribution in [1.29, 1.82) is 0 Å². The van der Waals surface area contributed by atoms with E-state index in [0.29, 0.717) is 12.1 Å². The summed E-state index contributed by atoms with van der Waals surface area (Å²) in [5, 5.41) is 3.83. The molecule has 1 saturated carbocycles. The van der Waals surface area contributed by atoms with Crippen molar-refractivity contribution >= 4 is 0 Å². The molecule has 2 rings (SSSR count). The second kappa shape index (κ2) is 6.04. The lowest BCUT2D eigenvalue weighted by Crippen LogP contribution is -2.40. The minimum absolute atomic E-state index is 0.694. The highest BCUT2D eigenvalue weighted by atomic mass is 14.9. The second-order valence-corrected chi connectivity index (χ2v) is 6.30. The molecule has 98 valence electrons. The third-order valence-electron chi connectivity index (χ3n) is 4.76. The van der Waals surface area contributed by atoms with Crippen molar-refractivity contribution in [3.63, 3.8) is 0 Å². The summed E-state index contributed by atoms with van der Waals surface area (Å²) in [5.74, 6) is 2.69. The monoisotopic (exact) mass is 235 g/mol. The van der Waals surface area contributed by atoms with E-state index in [1.54, 1.807) is 0 Å². The fourth-order valence-electron chi connectivity index (χ4n) is 3.75. The normalized spacial score (nSPS) is 34.2. The summed E-state index contributed by atoms with van der Waals surface area (Å²) in [6.07, 6.45) is 13.2. The number of unbranched alkanes of at least 4 members (excludes halogenated alkanes) is 2. The summed E-state index contributed by atoms with van der Waals surface area (Å²) in [4.78, 5) is 0. The zero-order valence-corrected chi connectivity index (χ0v) is 11.8. The van der Waals surface area contributed by atoms with E-state index in [-0.39, 0.29) is 0 Å². The van der Waals surface area contributed by atoms with Gasteiger partial charge in [0.15, 0.2) is 0 Å². The van der Waals surface area contributed by atoms with Crippen LogP contribution in [0.3, 0.4) is 0 Å². The molecule has 0 spiro atoms. The van der Waals surface area contributed by atoms with Crippen LogP contribution in [-0.2, 0) is 0 Å². The first-order valence-electron chi connectivity index (χ1n) is 7.65. The molecule has 0 heterocycles. The highest BCUT2D eigenvalue weighted by Gasteiger charge is 2.38. The van der Waals surface area contributed by atoms with Crippen molar-refractivity contribution in [3.05, 3.63) is 12.2 Å². The molecule has 0 aromatic heterocycles. The van der Waals surface area contributed by atoms with Crippen LogP contribution in [0.15, 0.2) is 12.2 Å². The fourth-order valence-corrected chi connectivity index (χ4v) is 3.75. The maximum absolute atomic E-state index is 3.83. The van der Waals surface area contributed by atoms with E-state index < -0.39 is 0 Å². The van der Waals surface area contributed by atoms with Crippen LogP contribution in [0.1, 0.15) is 59.3 Å². The quantitative estimate of drug-likeness (QED) is 0.516. The van der Waals surface area contributed by atoms with E-state index in [4.69, 9.17) is 0 Å². The first kappa shape index (κ1) is 13.1. The molecular weight excluding hydrogens is 206 g/mol. The first-order valence-corrected chi connectivity index (χ1v) is 7.65. The maximum atomic E-state index is 3.83. The molecule has 0 radical (unpaired) electrons. The van der Waals surface area contributed by atoms with Gasteiger partial charge in [-0.25, -0.2) is 0 Å². The molecule has 0 aromatic carbocycles. The molecule has 1 fully saturated rings. The Bertz CT molecular complexity index is 258. The molecule has 0 saturated heterocycles. The molecule has 5 atom stereocenters. The van der Waals surface area contributed by atoms with Crippen molar-refractivity contribution in [1.82, 2.24) is 5.32 Å². The number of nitrogens with one attached hydrogen (secondary N) is 1. The second-order valence-electron chi connectivity index (χ2n) is 6.30. The van der Waals surface area contributed by atoms with Crippen LogP contribution in [0.5, 0.6) is 0 Å². The molecular formula is C16H29N. The Morgan fingerprint density at radius 3 is 2.59 bits per heavy atom. The van der Waals surface area contributed by atoms with Crippen molar-refractivity contribution in [2.45, 2.75) is 71.4 Å². The highest BCUT2D eigenvalue weighted by molar-refractivity contribution is 5.11. The predicted octanol–water partition coefficient (Wildman–Crippen LogP) is 4.15. The van der Waals surface area contributed by atoms with Gasteiger partial charge in [0.25, 0.3) is 0 Å². The average molecular weight is 235 g/mol. The average Bonchev–Trinajstić information content (AvgIpc) is 2.91. The van der Waals surface area contributed by atoms with Crippen molar-refractivity contribution in [3.8, 4) is 0 Å². The van der Waals surface area contributed by atoms with Crippen LogP contribution in [-0.4, -0.2) is 12.1 Å². The fraction of sp³-hybridized carbons (Fsp3) is 0.875.